The molecule has 9 heteroatoms. The fraction of sp³-hybridized carbons (Fsp3) is 0.333. The summed E-state index contributed by atoms with van der Waals surface area (Å²) in [7, 11) is -3.99. The molecule has 0 atom stereocenters. The first kappa shape index (κ1) is 15.7. The van der Waals surface area contributed by atoms with Gasteiger partial charge in [0.1, 0.15) is 22.0 Å². The van der Waals surface area contributed by atoms with Gasteiger partial charge in [0.05, 0.1) is 17.2 Å². The molecule has 2 N–H and O–H groups in total. The summed E-state index contributed by atoms with van der Waals surface area (Å²) in [6, 6.07) is 0. The topological polar surface area (TPSA) is 110 Å². The number of furan rings is 1. The maximum Gasteiger partial charge on any atom is 0.340 e. The Bertz CT molecular complexity index is 789. The lowest BCUT2D eigenvalue weighted by Gasteiger charge is -2.05. The van der Waals surface area contributed by atoms with Crippen LogP contribution in [0.25, 0.3) is 0 Å². The standard InChI is InChI=1S/C12H14N2O5S2/c1-6-10(12(15)16)11(7(2)19-6)21(17,18)13-4-9-5-20-8(3)14-9/h5,13H,4H2,1-3H3,(H,15,16). The number of sulfonamides is 1. The number of carboxylic acids is 1. The molecular weight excluding hydrogens is 316 g/mol. The summed E-state index contributed by atoms with van der Waals surface area (Å²) >= 11 is 1.41. The van der Waals surface area contributed by atoms with Crippen molar-refractivity contribution in [3.63, 3.8) is 0 Å². The van der Waals surface area contributed by atoms with Crippen molar-refractivity contribution in [1.29, 1.82) is 0 Å². The SMILES string of the molecule is Cc1nc(CNS(=O)(=O)c2c(C)oc(C)c2C(=O)O)cs1. The predicted molar refractivity (Wildman–Crippen MR) is 76.0 cm³/mol. The van der Waals surface area contributed by atoms with Crippen LogP contribution in [0, 0.1) is 20.8 Å². The lowest BCUT2D eigenvalue weighted by molar-refractivity contribution is 0.0691. The fourth-order valence-electron chi connectivity index (χ4n) is 1.96. The molecule has 0 spiro atoms. The van der Waals surface area contributed by atoms with Crippen molar-refractivity contribution in [3.05, 3.63) is 33.2 Å². The Labute approximate surface area is 125 Å². The van der Waals surface area contributed by atoms with E-state index in [1.54, 1.807) is 5.38 Å². The predicted octanol–water partition coefficient (Wildman–Crippen LogP) is 1.84. The van der Waals surface area contributed by atoms with Crippen molar-refractivity contribution >= 4 is 27.3 Å². The van der Waals surface area contributed by atoms with E-state index in [4.69, 9.17) is 9.52 Å². The zero-order chi connectivity index (χ0) is 15.8. The fourth-order valence-corrected chi connectivity index (χ4v) is 3.98. The van der Waals surface area contributed by atoms with E-state index in [0.29, 0.717) is 5.69 Å². The van der Waals surface area contributed by atoms with E-state index in [2.05, 4.69) is 9.71 Å². The molecule has 2 aromatic heterocycles. The number of hydrogen-bond acceptors (Lipinski definition) is 6. The van der Waals surface area contributed by atoms with E-state index in [1.165, 1.54) is 25.2 Å². The van der Waals surface area contributed by atoms with Crippen molar-refractivity contribution in [2.24, 2.45) is 0 Å². The van der Waals surface area contributed by atoms with Crippen molar-refractivity contribution in [1.82, 2.24) is 9.71 Å². The summed E-state index contributed by atoms with van der Waals surface area (Å²) < 4.78 is 32.1. The molecule has 21 heavy (non-hydrogen) atoms. The number of aromatic carboxylic acids is 1. The molecular formula is C12H14N2O5S2. The molecule has 7 nitrogen and oxygen atoms in total. The van der Waals surface area contributed by atoms with Crippen LogP contribution >= 0.6 is 11.3 Å². The Kier molecular flexibility index (Phi) is 4.17. The highest BCUT2D eigenvalue weighted by Gasteiger charge is 2.30. The van der Waals surface area contributed by atoms with E-state index in [1.807, 2.05) is 6.92 Å². The number of carbonyl (C=O) groups is 1. The minimum atomic E-state index is -3.99. The lowest BCUT2D eigenvalue weighted by atomic mass is 10.2. The van der Waals surface area contributed by atoms with Gasteiger partial charge in [0.2, 0.25) is 10.0 Å². The molecule has 0 saturated heterocycles. The second-order valence-electron chi connectivity index (χ2n) is 4.41. The molecule has 0 saturated carbocycles. The van der Waals surface area contributed by atoms with Crippen LogP contribution in [0.1, 0.15) is 32.6 Å². The molecule has 0 aliphatic carbocycles. The zero-order valence-corrected chi connectivity index (χ0v) is 13.3. The second kappa shape index (κ2) is 5.58. The quantitative estimate of drug-likeness (QED) is 0.865. The van der Waals surface area contributed by atoms with Crippen LogP contribution < -0.4 is 4.72 Å². The highest BCUT2D eigenvalue weighted by Crippen LogP contribution is 2.26. The molecule has 2 heterocycles. The second-order valence-corrected chi connectivity index (χ2v) is 7.17. The molecule has 0 aromatic carbocycles. The Morgan fingerprint density at radius 1 is 1.38 bits per heavy atom. The Morgan fingerprint density at radius 3 is 2.57 bits per heavy atom. The average molecular weight is 330 g/mol. The third kappa shape index (κ3) is 3.14. The molecule has 2 aromatic rings. The third-order valence-corrected chi connectivity index (χ3v) is 5.17. The number of nitrogens with one attached hydrogen (secondary N) is 1. The first-order valence-corrected chi connectivity index (χ1v) is 8.32. The summed E-state index contributed by atoms with van der Waals surface area (Å²) in [6.45, 7) is 4.64. The largest absolute Gasteiger partial charge is 0.478 e. The summed E-state index contributed by atoms with van der Waals surface area (Å²) in [5.74, 6) is -1.23. The van der Waals surface area contributed by atoms with E-state index in [0.717, 1.165) is 5.01 Å². The number of thiazole rings is 1. The van der Waals surface area contributed by atoms with Crippen LogP contribution in [0.5, 0.6) is 0 Å². The maximum atomic E-state index is 12.3. The molecule has 0 radical (unpaired) electrons. The number of aromatic nitrogens is 1. The number of carboxylic acid groups (broad SMARTS) is 1. The van der Waals surface area contributed by atoms with Crippen molar-refractivity contribution in [2.75, 3.05) is 0 Å². The van der Waals surface area contributed by atoms with Crippen LogP contribution in [0.15, 0.2) is 14.7 Å². The van der Waals surface area contributed by atoms with Crippen molar-refractivity contribution < 1.29 is 22.7 Å². The Balaban J connectivity index is 2.34. The van der Waals surface area contributed by atoms with Gasteiger partial charge in [-0.25, -0.2) is 22.9 Å². The summed E-state index contributed by atoms with van der Waals surface area (Å²) in [5, 5.41) is 11.7. The zero-order valence-electron chi connectivity index (χ0n) is 11.6. The van der Waals surface area contributed by atoms with Crippen molar-refractivity contribution in [2.45, 2.75) is 32.2 Å². The normalized spacial score (nSPS) is 11.8. The number of nitrogens with zero attached hydrogens (tertiary/aromatic N) is 1. The first-order chi connectivity index (χ1) is 9.72. The minimum Gasteiger partial charge on any atom is -0.478 e. The minimum absolute atomic E-state index is 0.00456. The number of hydrogen-bond donors (Lipinski definition) is 2. The van der Waals surface area contributed by atoms with Gasteiger partial charge in [-0.05, 0) is 20.8 Å². The van der Waals surface area contributed by atoms with Gasteiger partial charge < -0.3 is 9.52 Å². The smallest absolute Gasteiger partial charge is 0.340 e. The number of rotatable bonds is 5. The van der Waals surface area contributed by atoms with Crippen LogP contribution in [0.3, 0.4) is 0 Å². The summed E-state index contributed by atoms with van der Waals surface area (Å²) in [5.41, 5.74) is 0.241. The molecule has 114 valence electrons. The Morgan fingerprint density at radius 2 is 2.05 bits per heavy atom. The van der Waals surface area contributed by atoms with Gasteiger partial charge in [-0.1, -0.05) is 0 Å². The summed E-state index contributed by atoms with van der Waals surface area (Å²) in [6.07, 6.45) is 0. The van der Waals surface area contributed by atoms with Crippen LogP contribution in [0.4, 0.5) is 0 Å². The van der Waals surface area contributed by atoms with Crippen LogP contribution in [0.2, 0.25) is 0 Å². The van der Waals surface area contributed by atoms with Crippen LogP contribution in [-0.4, -0.2) is 24.5 Å². The monoisotopic (exact) mass is 330 g/mol. The van der Waals surface area contributed by atoms with E-state index >= 15 is 0 Å². The van der Waals surface area contributed by atoms with Gasteiger partial charge in [0, 0.05) is 5.38 Å². The third-order valence-electron chi connectivity index (χ3n) is 2.80. The van der Waals surface area contributed by atoms with Crippen molar-refractivity contribution in [3.8, 4) is 0 Å². The van der Waals surface area contributed by atoms with Gasteiger partial charge in [-0.2, -0.15) is 0 Å². The summed E-state index contributed by atoms with van der Waals surface area (Å²) in [4.78, 5) is 15.0. The van der Waals surface area contributed by atoms with E-state index < -0.39 is 16.0 Å². The van der Waals surface area contributed by atoms with E-state index in [-0.39, 0.29) is 28.5 Å². The van der Waals surface area contributed by atoms with Gasteiger partial charge in [-0.15, -0.1) is 11.3 Å². The van der Waals surface area contributed by atoms with Gasteiger partial charge in [0.15, 0.2) is 0 Å². The molecule has 0 unspecified atom stereocenters. The molecule has 0 fully saturated rings. The molecule has 2 rings (SSSR count). The van der Waals surface area contributed by atoms with E-state index in [9.17, 15) is 13.2 Å². The Hall–Kier alpha value is -1.71. The van der Waals surface area contributed by atoms with Crippen LogP contribution in [-0.2, 0) is 16.6 Å². The molecule has 0 aliphatic rings. The molecule has 0 amide bonds. The number of aryl methyl sites for hydroxylation is 3. The van der Waals surface area contributed by atoms with Gasteiger partial charge in [0.25, 0.3) is 0 Å². The molecule has 0 aliphatic heterocycles. The lowest BCUT2D eigenvalue weighted by Crippen LogP contribution is -2.25. The highest BCUT2D eigenvalue weighted by molar-refractivity contribution is 7.89. The maximum absolute atomic E-state index is 12.3. The molecule has 0 bridgehead atoms. The highest BCUT2D eigenvalue weighted by atomic mass is 32.2. The van der Waals surface area contributed by atoms with Gasteiger partial charge >= 0.3 is 5.97 Å². The average Bonchev–Trinajstić information content (AvgIpc) is 2.90. The first-order valence-electron chi connectivity index (χ1n) is 5.96. The van der Waals surface area contributed by atoms with Gasteiger partial charge in [-0.3, -0.25) is 0 Å².